The van der Waals surface area contributed by atoms with Crippen LogP contribution in [0.2, 0.25) is 0 Å². The lowest BCUT2D eigenvalue weighted by molar-refractivity contribution is 0.0723. The normalized spacial score (nSPS) is 18.9. The smallest absolute Gasteiger partial charge is 0.272 e. The van der Waals surface area contributed by atoms with Crippen LogP contribution in [-0.2, 0) is 0 Å². The van der Waals surface area contributed by atoms with Crippen LogP contribution in [0.4, 0.5) is 0 Å². The number of carbonyl (C=O) groups is 1. The average Bonchev–Trinajstić information content (AvgIpc) is 3.17. The molecule has 2 aromatic rings. The number of nitrogens with zero attached hydrogens (tertiary/aromatic N) is 4. The van der Waals surface area contributed by atoms with Crippen molar-refractivity contribution in [3.63, 3.8) is 0 Å². The van der Waals surface area contributed by atoms with Gasteiger partial charge in [-0.25, -0.2) is 4.98 Å². The highest BCUT2D eigenvalue weighted by atomic mass is 16.5. The second-order valence-corrected chi connectivity index (χ2v) is 5.27. The molecule has 0 radical (unpaired) electrons. The topological polar surface area (TPSA) is 87.9 Å². The minimum absolute atomic E-state index is 0.0686. The van der Waals surface area contributed by atoms with E-state index in [-0.39, 0.29) is 17.9 Å². The minimum Gasteiger partial charge on any atom is -0.341 e. The van der Waals surface area contributed by atoms with E-state index in [4.69, 9.17) is 4.52 Å². The van der Waals surface area contributed by atoms with Crippen molar-refractivity contribution in [3.8, 4) is 0 Å². The molecule has 20 heavy (non-hydrogen) atoms. The Morgan fingerprint density at radius 1 is 1.55 bits per heavy atom. The maximum Gasteiger partial charge on any atom is 0.272 e. The van der Waals surface area contributed by atoms with E-state index in [1.807, 2.05) is 13.8 Å². The van der Waals surface area contributed by atoms with Gasteiger partial charge in [-0.1, -0.05) is 19.0 Å². The molecule has 0 unspecified atom stereocenters. The number of amides is 1. The number of nitrogens with one attached hydrogen (secondary N) is 1. The summed E-state index contributed by atoms with van der Waals surface area (Å²) in [5.41, 5.74) is 0.490. The zero-order valence-corrected chi connectivity index (χ0v) is 11.5. The van der Waals surface area contributed by atoms with Crippen molar-refractivity contribution in [3.05, 3.63) is 29.9 Å². The molecule has 2 aromatic heterocycles. The molecule has 0 aromatic carbocycles. The van der Waals surface area contributed by atoms with Crippen molar-refractivity contribution >= 4 is 5.91 Å². The van der Waals surface area contributed by atoms with Crippen LogP contribution < -0.4 is 0 Å². The van der Waals surface area contributed by atoms with Gasteiger partial charge >= 0.3 is 0 Å². The summed E-state index contributed by atoms with van der Waals surface area (Å²) in [6.07, 6.45) is 4.84. The number of aromatic amines is 1. The Bertz CT molecular complexity index is 590. The minimum atomic E-state index is -0.109. The summed E-state index contributed by atoms with van der Waals surface area (Å²) in [6, 6.07) is -0.109. The molecule has 0 spiro atoms. The second kappa shape index (κ2) is 5.07. The van der Waals surface area contributed by atoms with Gasteiger partial charge in [0.1, 0.15) is 5.69 Å². The van der Waals surface area contributed by atoms with Gasteiger partial charge in [0, 0.05) is 12.5 Å². The van der Waals surface area contributed by atoms with Crippen molar-refractivity contribution in [1.29, 1.82) is 0 Å². The van der Waals surface area contributed by atoms with Crippen LogP contribution in [0.25, 0.3) is 0 Å². The van der Waals surface area contributed by atoms with Gasteiger partial charge < -0.3 is 14.4 Å². The van der Waals surface area contributed by atoms with Gasteiger partial charge in [0.05, 0.1) is 18.6 Å². The Labute approximate surface area is 116 Å². The maximum absolute atomic E-state index is 12.4. The highest BCUT2D eigenvalue weighted by molar-refractivity contribution is 5.92. The summed E-state index contributed by atoms with van der Waals surface area (Å²) >= 11 is 0. The van der Waals surface area contributed by atoms with Gasteiger partial charge in [-0.15, -0.1) is 0 Å². The van der Waals surface area contributed by atoms with Crippen LogP contribution in [-0.4, -0.2) is 37.5 Å². The summed E-state index contributed by atoms with van der Waals surface area (Å²) in [4.78, 5) is 25.3. The van der Waals surface area contributed by atoms with Crippen molar-refractivity contribution in [2.45, 2.75) is 38.6 Å². The first kappa shape index (κ1) is 12.8. The van der Waals surface area contributed by atoms with Gasteiger partial charge in [0.2, 0.25) is 5.89 Å². The van der Waals surface area contributed by atoms with Crippen LogP contribution in [0.3, 0.4) is 0 Å². The summed E-state index contributed by atoms with van der Waals surface area (Å²) in [7, 11) is 0. The number of rotatable bonds is 3. The summed E-state index contributed by atoms with van der Waals surface area (Å²) in [5, 5.41) is 4.03. The highest BCUT2D eigenvalue weighted by Gasteiger charge is 2.34. The van der Waals surface area contributed by atoms with E-state index >= 15 is 0 Å². The third kappa shape index (κ3) is 2.19. The molecule has 1 fully saturated rings. The molecule has 1 aliphatic rings. The van der Waals surface area contributed by atoms with Crippen molar-refractivity contribution in [2.24, 2.45) is 0 Å². The van der Waals surface area contributed by atoms with Gasteiger partial charge in [-0.05, 0) is 12.8 Å². The van der Waals surface area contributed by atoms with Gasteiger partial charge in [0.25, 0.3) is 5.91 Å². The van der Waals surface area contributed by atoms with Crippen molar-refractivity contribution in [1.82, 2.24) is 25.0 Å². The van der Waals surface area contributed by atoms with E-state index < -0.39 is 0 Å². The van der Waals surface area contributed by atoms with Crippen LogP contribution in [0.15, 0.2) is 17.0 Å². The van der Waals surface area contributed by atoms with Gasteiger partial charge in [-0.2, -0.15) is 4.98 Å². The molecule has 3 rings (SSSR count). The predicted molar refractivity (Wildman–Crippen MR) is 70.0 cm³/mol. The lowest BCUT2D eigenvalue weighted by Gasteiger charge is -2.21. The van der Waals surface area contributed by atoms with E-state index in [0.29, 0.717) is 24.0 Å². The Balaban J connectivity index is 1.83. The Kier molecular flexibility index (Phi) is 3.25. The molecule has 7 nitrogen and oxygen atoms in total. The molecule has 1 amide bonds. The molecule has 0 aliphatic carbocycles. The number of hydrogen-bond acceptors (Lipinski definition) is 5. The standard InChI is InChI=1S/C13H17N5O2/c1-8(2)12-16-11(17-20-12)10-4-3-5-18(10)13(19)9-6-14-7-15-9/h6-8,10H,3-5H2,1-2H3,(H,14,15)/t10-/m1/s1. The second-order valence-electron chi connectivity index (χ2n) is 5.27. The van der Waals surface area contributed by atoms with E-state index in [0.717, 1.165) is 12.8 Å². The van der Waals surface area contributed by atoms with Gasteiger partial charge in [-0.3, -0.25) is 4.79 Å². The lowest BCUT2D eigenvalue weighted by Crippen LogP contribution is -2.31. The zero-order valence-electron chi connectivity index (χ0n) is 11.5. The zero-order chi connectivity index (χ0) is 14.1. The third-order valence-corrected chi connectivity index (χ3v) is 3.49. The maximum atomic E-state index is 12.4. The highest BCUT2D eigenvalue weighted by Crippen LogP contribution is 2.31. The molecule has 1 N–H and O–H groups in total. The van der Waals surface area contributed by atoms with E-state index in [9.17, 15) is 4.79 Å². The number of hydrogen-bond donors (Lipinski definition) is 1. The molecular formula is C13H17N5O2. The summed E-state index contributed by atoms with van der Waals surface area (Å²) in [5.74, 6) is 1.33. The lowest BCUT2D eigenvalue weighted by atomic mass is 10.2. The molecule has 1 aliphatic heterocycles. The Hall–Kier alpha value is -2.18. The third-order valence-electron chi connectivity index (χ3n) is 3.49. The average molecular weight is 275 g/mol. The first-order valence-electron chi connectivity index (χ1n) is 6.79. The first-order valence-corrected chi connectivity index (χ1v) is 6.79. The fourth-order valence-electron chi connectivity index (χ4n) is 2.42. The summed E-state index contributed by atoms with van der Waals surface area (Å²) in [6.45, 7) is 4.70. The number of carbonyl (C=O) groups excluding carboxylic acids is 1. The van der Waals surface area contributed by atoms with E-state index in [1.54, 1.807) is 4.90 Å². The molecule has 0 saturated carbocycles. The quantitative estimate of drug-likeness (QED) is 0.924. The fraction of sp³-hybridized carbons (Fsp3) is 0.538. The fourth-order valence-corrected chi connectivity index (χ4v) is 2.42. The SMILES string of the molecule is CC(C)c1nc([C@H]2CCCN2C(=O)c2cnc[nH]2)no1. The first-order chi connectivity index (χ1) is 9.66. The van der Waals surface area contributed by atoms with Crippen LogP contribution >= 0.6 is 0 Å². The van der Waals surface area contributed by atoms with Crippen molar-refractivity contribution < 1.29 is 9.32 Å². The monoisotopic (exact) mass is 275 g/mol. The largest absolute Gasteiger partial charge is 0.341 e. The molecule has 0 bridgehead atoms. The number of H-pyrrole nitrogens is 1. The Morgan fingerprint density at radius 3 is 3.05 bits per heavy atom. The molecule has 1 atom stereocenters. The predicted octanol–water partition coefficient (Wildman–Crippen LogP) is 1.89. The van der Waals surface area contributed by atoms with E-state index in [1.165, 1.54) is 12.5 Å². The number of aromatic nitrogens is 4. The molecule has 1 saturated heterocycles. The molecule has 7 heteroatoms. The van der Waals surface area contributed by atoms with E-state index in [2.05, 4.69) is 20.1 Å². The van der Waals surface area contributed by atoms with Crippen LogP contribution in [0, 0.1) is 0 Å². The van der Waals surface area contributed by atoms with Crippen molar-refractivity contribution in [2.75, 3.05) is 6.54 Å². The molecule has 106 valence electrons. The van der Waals surface area contributed by atoms with Crippen LogP contribution in [0.5, 0.6) is 0 Å². The molecule has 3 heterocycles. The van der Waals surface area contributed by atoms with Gasteiger partial charge in [0.15, 0.2) is 5.82 Å². The summed E-state index contributed by atoms with van der Waals surface area (Å²) < 4.78 is 5.24. The number of likely N-dealkylation sites (tertiary alicyclic amines) is 1. The molecular weight excluding hydrogens is 258 g/mol. The number of imidazole rings is 1. The Morgan fingerprint density at radius 2 is 2.40 bits per heavy atom. The van der Waals surface area contributed by atoms with Crippen LogP contribution in [0.1, 0.15) is 60.9 Å².